The lowest BCUT2D eigenvalue weighted by Gasteiger charge is -2.29. The lowest BCUT2D eigenvalue weighted by Crippen LogP contribution is -2.48. The molecular weight excluding hydrogens is 416 g/mol. The van der Waals surface area contributed by atoms with Gasteiger partial charge in [-0.1, -0.05) is 73.0 Å². The smallest absolute Gasteiger partial charge is 0.242 e. The molecule has 0 aliphatic carbocycles. The zero-order valence-electron chi connectivity index (χ0n) is 18.0. The minimum absolute atomic E-state index is 0.0494. The molecule has 4 nitrogen and oxygen atoms in total. The summed E-state index contributed by atoms with van der Waals surface area (Å²) in [4.78, 5) is 27.4. The molecule has 1 unspecified atom stereocenters. The van der Waals surface area contributed by atoms with Crippen molar-refractivity contribution < 1.29 is 9.59 Å². The first-order chi connectivity index (χ1) is 14.4. The number of hydrogen-bond acceptors (Lipinski definition) is 3. The summed E-state index contributed by atoms with van der Waals surface area (Å²) in [6.45, 7) is 6.95. The van der Waals surface area contributed by atoms with Crippen molar-refractivity contribution in [3.05, 3.63) is 70.2 Å². The van der Waals surface area contributed by atoms with Crippen LogP contribution in [0.2, 0.25) is 5.02 Å². The van der Waals surface area contributed by atoms with Crippen LogP contribution in [-0.2, 0) is 21.9 Å². The molecule has 0 saturated heterocycles. The van der Waals surface area contributed by atoms with Crippen molar-refractivity contribution in [1.29, 1.82) is 0 Å². The van der Waals surface area contributed by atoms with E-state index in [1.54, 1.807) is 11.8 Å². The van der Waals surface area contributed by atoms with Gasteiger partial charge in [-0.05, 0) is 37.5 Å². The number of carbonyl (C=O) groups excluding carboxylic acids is 2. The summed E-state index contributed by atoms with van der Waals surface area (Å²) in [5, 5.41) is 3.65. The molecule has 0 heterocycles. The fraction of sp³-hybridized carbons (Fsp3) is 0.417. The quantitative estimate of drug-likeness (QED) is 0.481. The summed E-state index contributed by atoms with van der Waals surface area (Å²) in [6.07, 6.45) is 1.94. The third-order valence-corrected chi connectivity index (χ3v) is 6.21. The Morgan fingerprint density at radius 1 is 1.17 bits per heavy atom. The average Bonchev–Trinajstić information content (AvgIpc) is 2.73. The molecule has 0 bridgehead atoms. The normalized spacial score (nSPS) is 11.7. The van der Waals surface area contributed by atoms with Crippen LogP contribution in [-0.4, -0.2) is 35.1 Å². The van der Waals surface area contributed by atoms with Gasteiger partial charge in [-0.2, -0.15) is 0 Å². The predicted molar refractivity (Wildman–Crippen MR) is 127 cm³/mol. The van der Waals surface area contributed by atoms with Crippen LogP contribution in [0.25, 0.3) is 0 Å². The van der Waals surface area contributed by atoms with Crippen molar-refractivity contribution in [1.82, 2.24) is 10.2 Å². The van der Waals surface area contributed by atoms with E-state index in [4.69, 9.17) is 11.6 Å². The van der Waals surface area contributed by atoms with Gasteiger partial charge in [-0.3, -0.25) is 9.59 Å². The number of hydrogen-bond donors (Lipinski definition) is 1. The second-order valence-corrected chi connectivity index (χ2v) is 8.81. The maximum atomic E-state index is 13.1. The second-order valence-electron chi connectivity index (χ2n) is 7.42. The van der Waals surface area contributed by atoms with Gasteiger partial charge in [-0.25, -0.2) is 0 Å². The van der Waals surface area contributed by atoms with Gasteiger partial charge in [0.15, 0.2) is 0 Å². The van der Waals surface area contributed by atoms with Crippen LogP contribution >= 0.6 is 23.4 Å². The van der Waals surface area contributed by atoms with Crippen LogP contribution < -0.4 is 5.32 Å². The van der Waals surface area contributed by atoms with E-state index in [1.807, 2.05) is 49.4 Å². The lowest BCUT2D eigenvalue weighted by atomic mass is 10.1. The Bertz CT molecular complexity index is 843. The summed E-state index contributed by atoms with van der Waals surface area (Å²) < 4.78 is 0. The van der Waals surface area contributed by atoms with E-state index in [9.17, 15) is 9.59 Å². The van der Waals surface area contributed by atoms with Crippen molar-refractivity contribution in [2.24, 2.45) is 0 Å². The topological polar surface area (TPSA) is 49.4 Å². The van der Waals surface area contributed by atoms with Crippen LogP contribution in [0.4, 0.5) is 0 Å². The van der Waals surface area contributed by atoms with Gasteiger partial charge >= 0.3 is 0 Å². The molecule has 0 aliphatic heterocycles. The highest BCUT2D eigenvalue weighted by atomic mass is 35.5. The molecule has 0 aromatic heterocycles. The molecule has 162 valence electrons. The first-order valence-electron chi connectivity index (χ1n) is 10.4. The van der Waals surface area contributed by atoms with E-state index in [1.165, 1.54) is 11.8 Å². The minimum Gasteiger partial charge on any atom is -0.354 e. The molecule has 0 radical (unpaired) electrons. The van der Waals surface area contributed by atoms with E-state index in [0.717, 1.165) is 29.5 Å². The summed E-state index contributed by atoms with van der Waals surface area (Å²) in [5.74, 6) is 0.789. The molecule has 1 N–H and O–H groups in total. The molecule has 2 aromatic carbocycles. The van der Waals surface area contributed by atoms with Gasteiger partial charge in [0, 0.05) is 23.9 Å². The minimum atomic E-state index is -0.532. The van der Waals surface area contributed by atoms with E-state index < -0.39 is 6.04 Å². The van der Waals surface area contributed by atoms with E-state index in [0.29, 0.717) is 29.6 Å². The number of nitrogens with zero attached hydrogens (tertiary/aromatic N) is 1. The van der Waals surface area contributed by atoms with Crippen molar-refractivity contribution in [2.75, 3.05) is 12.3 Å². The number of thioether (sulfide) groups is 1. The zero-order valence-corrected chi connectivity index (χ0v) is 19.6. The first kappa shape index (κ1) is 24.3. The Hall–Kier alpha value is -1.98. The highest BCUT2D eigenvalue weighted by molar-refractivity contribution is 7.99. The SMILES string of the molecule is CCCCNC(=O)C(C)N(Cc1cccc(C)c1)C(=O)CSCc1ccccc1Cl. The highest BCUT2D eigenvalue weighted by Gasteiger charge is 2.25. The van der Waals surface area contributed by atoms with Crippen molar-refractivity contribution in [3.63, 3.8) is 0 Å². The standard InChI is InChI=1S/C24H31ClN2O2S/c1-4-5-13-26-24(29)19(3)27(15-20-10-8-9-18(2)14-20)23(28)17-30-16-21-11-6-7-12-22(21)25/h6-12,14,19H,4-5,13,15-17H2,1-3H3,(H,26,29). The number of nitrogens with one attached hydrogen (secondary N) is 1. The molecule has 0 fully saturated rings. The fourth-order valence-corrected chi connectivity index (χ4v) is 4.27. The fourth-order valence-electron chi connectivity index (χ4n) is 3.07. The van der Waals surface area contributed by atoms with Crippen molar-refractivity contribution >= 4 is 35.2 Å². The molecule has 1 atom stereocenters. The molecular formula is C24H31ClN2O2S. The summed E-state index contributed by atoms with van der Waals surface area (Å²) in [5.41, 5.74) is 3.16. The molecule has 0 aliphatic rings. The van der Waals surface area contributed by atoms with E-state index in [-0.39, 0.29) is 11.8 Å². The van der Waals surface area contributed by atoms with Gasteiger partial charge in [-0.15, -0.1) is 11.8 Å². The highest BCUT2D eigenvalue weighted by Crippen LogP contribution is 2.21. The molecule has 2 aromatic rings. The monoisotopic (exact) mass is 446 g/mol. The molecule has 6 heteroatoms. The van der Waals surface area contributed by atoms with Crippen LogP contribution in [0.15, 0.2) is 48.5 Å². The molecule has 2 rings (SSSR count). The van der Waals surface area contributed by atoms with Crippen LogP contribution in [0.5, 0.6) is 0 Å². The Kier molecular flexibility index (Phi) is 10.2. The zero-order chi connectivity index (χ0) is 21.9. The average molecular weight is 447 g/mol. The lowest BCUT2D eigenvalue weighted by molar-refractivity contribution is -0.138. The summed E-state index contributed by atoms with van der Waals surface area (Å²) in [7, 11) is 0. The van der Waals surface area contributed by atoms with Gasteiger partial charge in [0.25, 0.3) is 0 Å². The summed E-state index contributed by atoms with van der Waals surface area (Å²) >= 11 is 7.73. The number of carbonyl (C=O) groups is 2. The molecule has 0 spiro atoms. The molecule has 30 heavy (non-hydrogen) atoms. The van der Waals surface area contributed by atoms with Crippen LogP contribution in [0, 0.1) is 6.92 Å². The Morgan fingerprint density at radius 2 is 1.93 bits per heavy atom. The number of halogens is 1. The third-order valence-electron chi connectivity index (χ3n) is 4.87. The summed E-state index contributed by atoms with van der Waals surface area (Å²) in [6, 6.07) is 15.2. The molecule has 2 amide bonds. The van der Waals surface area contributed by atoms with Crippen molar-refractivity contribution in [3.8, 4) is 0 Å². The maximum Gasteiger partial charge on any atom is 0.242 e. The number of unbranched alkanes of at least 4 members (excludes halogenated alkanes) is 1. The Balaban J connectivity index is 2.05. The van der Waals surface area contributed by atoms with Gasteiger partial charge < -0.3 is 10.2 Å². The second kappa shape index (κ2) is 12.7. The van der Waals surface area contributed by atoms with E-state index in [2.05, 4.69) is 18.3 Å². The Morgan fingerprint density at radius 3 is 2.63 bits per heavy atom. The number of aryl methyl sites for hydroxylation is 1. The largest absolute Gasteiger partial charge is 0.354 e. The predicted octanol–water partition coefficient (Wildman–Crippen LogP) is 5.22. The maximum absolute atomic E-state index is 13.1. The molecule has 0 saturated carbocycles. The van der Waals surface area contributed by atoms with Gasteiger partial charge in [0.2, 0.25) is 11.8 Å². The Labute approximate surface area is 189 Å². The van der Waals surface area contributed by atoms with Crippen LogP contribution in [0.3, 0.4) is 0 Å². The van der Waals surface area contributed by atoms with Gasteiger partial charge in [0.05, 0.1) is 5.75 Å². The van der Waals surface area contributed by atoms with E-state index >= 15 is 0 Å². The van der Waals surface area contributed by atoms with Crippen molar-refractivity contribution in [2.45, 2.75) is 52.0 Å². The number of amides is 2. The third kappa shape index (κ3) is 7.69. The number of benzene rings is 2. The van der Waals surface area contributed by atoms with Gasteiger partial charge in [0.1, 0.15) is 6.04 Å². The number of rotatable bonds is 11. The first-order valence-corrected chi connectivity index (χ1v) is 11.9. The van der Waals surface area contributed by atoms with Crippen LogP contribution in [0.1, 0.15) is 43.4 Å².